The van der Waals surface area contributed by atoms with Crippen molar-refractivity contribution >= 4 is 5.91 Å². The number of amides is 1. The van der Waals surface area contributed by atoms with Gasteiger partial charge in [-0.25, -0.2) is 4.98 Å². The minimum atomic E-state index is 0.146. The SMILES string of the molecule is CCc1nccn1CCC(=O)N1CCCCC1c1[nH]ncc1C. The highest BCUT2D eigenvalue weighted by atomic mass is 16.2. The summed E-state index contributed by atoms with van der Waals surface area (Å²) < 4.78 is 2.08. The molecular formula is C17H25N5O. The molecule has 1 atom stereocenters. The average molecular weight is 315 g/mol. The van der Waals surface area contributed by atoms with Crippen LogP contribution in [0.4, 0.5) is 0 Å². The van der Waals surface area contributed by atoms with Crippen LogP contribution in [0, 0.1) is 6.92 Å². The van der Waals surface area contributed by atoms with Crippen LogP contribution in [0.1, 0.15) is 55.7 Å². The molecule has 0 saturated carbocycles. The smallest absolute Gasteiger partial charge is 0.224 e. The molecule has 1 aliphatic heterocycles. The molecule has 3 rings (SSSR count). The van der Waals surface area contributed by atoms with E-state index in [1.807, 2.05) is 17.3 Å². The molecular weight excluding hydrogens is 290 g/mol. The first-order chi connectivity index (χ1) is 11.2. The van der Waals surface area contributed by atoms with E-state index in [2.05, 4.69) is 33.6 Å². The summed E-state index contributed by atoms with van der Waals surface area (Å²) in [5.74, 6) is 1.26. The minimum absolute atomic E-state index is 0.146. The second-order valence-corrected chi connectivity index (χ2v) is 6.21. The highest BCUT2D eigenvalue weighted by Gasteiger charge is 2.29. The van der Waals surface area contributed by atoms with Gasteiger partial charge in [-0.15, -0.1) is 0 Å². The van der Waals surface area contributed by atoms with Crippen molar-refractivity contribution in [2.45, 2.75) is 58.5 Å². The maximum Gasteiger partial charge on any atom is 0.224 e. The zero-order valence-corrected chi connectivity index (χ0v) is 14.0. The lowest BCUT2D eigenvalue weighted by atomic mass is 9.97. The van der Waals surface area contributed by atoms with Gasteiger partial charge in [0.15, 0.2) is 0 Å². The molecule has 0 radical (unpaired) electrons. The summed E-state index contributed by atoms with van der Waals surface area (Å²) in [4.78, 5) is 19.1. The van der Waals surface area contributed by atoms with Crippen LogP contribution in [0.15, 0.2) is 18.6 Å². The maximum atomic E-state index is 12.8. The zero-order chi connectivity index (χ0) is 16.2. The summed E-state index contributed by atoms with van der Waals surface area (Å²) in [6.45, 7) is 5.68. The summed E-state index contributed by atoms with van der Waals surface area (Å²) in [5.41, 5.74) is 2.23. The fraction of sp³-hybridized carbons (Fsp3) is 0.588. The number of nitrogens with zero attached hydrogens (tertiary/aromatic N) is 4. The Hall–Kier alpha value is -2.11. The highest BCUT2D eigenvalue weighted by molar-refractivity contribution is 5.76. The number of hydrogen-bond donors (Lipinski definition) is 1. The van der Waals surface area contributed by atoms with Gasteiger partial charge < -0.3 is 9.47 Å². The lowest BCUT2D eigenvalue weighted by Crippen LogP contribution is -2.39. The van der Waals surface area contributed by atoms with Crippen molar-refractivity contribution in [2.75, 3.05) is 6.54 Å². The molecule has 0 spiro atoms. The molecule has 23 heavy (non-hydrogen) atoms. The molecule has 1 N–H and O–H groups in total. The third-order valence-electron chi connectivity index (χ3n) is 4.71. The Morgan fingerprint density at radius 3 is 3.04 bits per heavy atom. The molecule has 6 heteroatoms. The van der Waals surface area contributed by atoms with Gasteiger partial charge in [0, 0.05) is 38.3 Å². The van der Waals surface area contributed by atoms with E-state index in [0.29, 0.717) is 13.0 Å². The number of piperidine rings is 1. The van der Waals surface area contributed by atoms with Gasteiger partial charge in [0.1, 0.15) is 5.82 Å². The van der Waals surface area contributed by atoms with Crippen molar-refractivity contribution in [3.8, 4) is 0 Å². The summed E-state index contributed by atoms with van der Waals surface area (Å²) in [5, 5.41) is 7.21. The third kappa shape index (κ3) is 3.30. The molecule has 6 nitrogen and oxygen atoms in total. The predicted octanol–water partition coefficient (Wildman–Crippen LogP) is 2.62. The standard InChI is InChI=1S/C17H25N5O/c1-3-15-18-8-11-21(15)10-7-16(23)22-9-5-4-6-14(22)17-13(2)12-19-20-17/h8,11-12,14H,3-7,9-10H2,1-2H3,(H,19,20). The molecule has 2 aromatic heterocycles. The zero-order valence-electron chi connectivity index (χ0n) is 14.0. The van der Waals surface area contributed by atoms with Gasteiger partial charge in [0.05, 0.1) is 17.9 Å². The Kier molecular flexibility index (Phi) is 4.79. The first-order valence-corrected chi connectivity index (χ1v) is 8.50. The Morgan fingerprint density at radius 1 is 1.43 bits per heavy atom. The molecule has 1 amide bonds. The lowest BCUT2D eigenvalue weighted by Gasteiger charge is -2.35. The first-order valence-electron chi connectivity index (χ1n) is 8.50. The van der Waals surface area contributed by atoms with Crippen LogP contribution in [0.2, 0.25) is 0 Å². The number of aryl methyl sites for hydroxylation is 3. The molecule has 1 aliphatic rings. The van der Waals surface area contributed by atoms with Gasteiger partial charge in [-0.2, -0.15) is 5.10 Å². The van der Waals surface area contributed by atoms with Crippen molar-refractivity contribution in [1.82, 2.24) is 24.6 Å². The number of nitrogens with one attached hydrogen (secondary N) is 1. The van der Waals surface area contributed by atoms with Crippen LogP contribution in [-0.4, -0.2) is 37.1 Å². The predicted molar refractivity (Wildman–Crippen MR) is 87.9 cm³/mol. The Labute approximate surface area is 136 Å². The molecule has 1 saturated heterocycles. The van der Waals surface area contributed by atoms with E-state index >= 15 is 0 Å². The van der Waals surface area contributed by atoms with E-state index in [-0.39, 0.29) is 11.9 Å². The van der Waals surface area contributed by atoms with Crippen molar-refractivity contribution in [1.29, 1.82) is 0 Å². The molecule has 0 bridgehead atoms. The van der Waals surface area contributed by atoms with Crippen LogP contribution in [0.5, 0.6) is 0 Å². The summed E-state index contributed by atoms with van der Waals surface area (Å²) in [7, 11) is 0. The van der Waals surface area contributed by atoms with Crippen molar-refractivity contribution in [3.63, 3.8) is 0 Å². The first kappa shape index (κ1) is 15.8. The van der Waals surface area contributed by atoms with E-state index in [9.17, 15) is 4.79 Å². The Morgan fingerprint density at radius 2 is 2.30 bits per heavy atom. The van der Waals surface area contributed by atoms with Crippen LogP contribution >= 0.6 is 0 Å². The van der Waals surface area contributed by atoms with Crippen LogP contribution in [0.25, 0.3) is 0 Å². The third-order valence-corrected chi connectivity index (χ3v) is 4.71. The molecule has 1 unspecified atom stereocenters. The average Bonchev–Trinajstić information content (AvgIpc) is 3.20. The second kappa shape index (κ2) is 6.98. The molecule has 0 aliphatic carbocycles. The van der Waals surface area contributed by atoms with Crippen LogP contribution in [-0.2, 0) is 17.8 Å². The fourth-order valence-electron chi connectivity index (χ4n) is 3.44. The van der Waals surface area contributed by atoms with E-state index in [0.717, 1.165) is 49.3 Å². The number of aromatic amines is 1. The van der Waals surface area contributed by atoms with E-state index in [1.54, 1.807) is 6.20 Å². The number of imidazole rings is 1. The van der Waals surface area contributed by atoms with Gasteiger partial charge >= 0.3 is 0 Å². The van der Waals surface area contributed by atoms with E-state index in [1.165, 1.54) is 0 Å². The highest BCUT2D eigenvalue weighted by Crippen LogP contribution is 2.31. The monoisotopic (exact) mass is 315 g/mol. The normalized spacial score (nSPS) is 18.3. The van der Waals surface area contributed by atoms with Crippen molar-refractivity contribution < 1.29 is 4.79 Å². The molecule has 3 heterocycles. The summed E-state index contributed by atoms with van der Waals surface area (Å²) >= 11 is 0. The summed E-state index contributed by atoms with van der Waals surface area (Å²) in [6, 6.07) is 0.146. The van der Waals surface area contributed by atoms with Gasteiger partial charge in [-0.3, -0.25) is 9.89 Å². The number of rotatable bonds is 5. The Balaban J connectivity index is 1.68. The number of aromatic nitrogens is 4. The van der Waals surface area contributed by atoms with E-state index in [4.69, 9.17) is 0 Å². The minimum Gasteiger partial charge on any atom is -0.334 e. The van der Waals surface area contributed by atoms with Gasteiger partial charge in [0.25, 0.3) is 0 Å². The maximum absolute atomic E-state index is 12.8. The topological polar surface area (TPSA) is 66.8 Å². The quantitative estimate of drug-likeness (QED) is 0.922. The molecule has 2 aromatic rings. The number of carbonyl (C=O) groups excluding carboxylic acids is 1. The van der Waals surface area contributed by atoms with Crippen molar-refractivity contribution in [3.05, 3.63) is 35.7 Å². The van der Waals surface area contributed by atoms with Gasteiger partial charge in [0.2, 0.25) is 5.91 Å². The van der Waals surface area contributed by atoms with Crippen LogP contribution < -0.4 is 0 Å². The lowest BCUT2D eigenvalue weighted by molar-refractivity contribution is -0.135. The molecule has 124 valence electrons. The number of hydrogen-bond acceptors (Lipinski definition) is 3. The summed E-state index contributed by atoms with van der Waals surface area (Å²) in [6.07, 6.45) is 10.3. The van der Waals surface area contributed by atoms with Gasteiger partial charge in [-0.05, 0) is 31.7 Å². The van der Waals surface area contributed by atoms with Crippen molar-refractivity contribution in [2.24, 2.45) is 0 Å². The fourth-order valence-corrected chi connectivity index (χ4v) is 3.44. The second-order valence-electron chi connectivity index (χ2n) is 6.21. The largest absolute Gasteiger partial charge is 0.334 e. The Bertz CT molecular complexity index is 659. The number of likely N-dealkylation sites (tertiary alicyclic amines) is 1. The van der Waals surface area contributed by atoms with E-state index < -0.39 is 0 Å². The number of carbonyl (C=O) groups is 1. The molecule has 1 fully saturated rings. The van der Waals surface area contributed by atoms with Crippen LogP contribution in [0.3, 0.4) is 0 Å². The van der Waals surface area contributed by atoms with Gasteiger partial charge in [-0.1, -0.05) is 6.92 Å². The number of H-pyrrole nitrogens is 1. The molecule has 0 aromatic carbocycles.